The fourth-order valence-corrected chi connectivity index (χ4v) is 4.59. The van der Waals surface area contributed by atoms with Crippen LogP contribution >= 0.6 is 0 Å². The molecule has 0 spiro atoms. The molecule has 0 radical (unpaired) electrons. The van der Waals surface area contributed by atoms with Gasteiger partial charge < -0.3 is 10.6 Å². The first kappa shape index (κ1) is 25.2. The van der Waals surface area contributed by atoms with E-state index in [1.807, 2.05) is 19.1 Å². The predicted molar refractivity (Wildman–Crippen MR) is 136 cm³/mol. The number of primary sulfonamides is 1. The Balaban J connectivity index is 1.41. The Morgan fingerprint density at radius 3 is 2.14 bits per heavy atom. The molecule has 0 fully saturated rings. The van der Waals surface area contributed by atoms with Crippen molar-refractivity contribution in [3.05, 3.63) is 90.4 Å². The fraction of sp³-hybridized carbons (Fsp3) is 0.0870. The summed E-state index contributed by atoms with van der Waals surface area (Å²) in [5, 5.41) is 11.4. The number of pyridine rings is 1. The molecule has 0 saturated heterocycles. The normalized spacial score (nSPS) is 11.7. The van der Waals surface area contributed by atoms with Crippen molar-refractivity contribution < 1.29 is 16.8 Å². The highest BCUT2D eigenvalue weighted by Gasteiger charge is 2.13. The van der Waals surface area contributed by atoms with E-state index in [0.717, 1.165) is 16.8 Å². The van der Waals surface area contributed by atoms with Crippen LogP contribution < -0.4 is 20.5 Å². The molecule has 0 saturated carbocycles. The minimum Gasteiger partial charge on any atom is -0.340 e. The lowest BCUT2D eigenvalue weighted by molar-refractivity contribution is 0.580. The van der Waals surface area contributed by atoms with Crippen molar-refractivity contribution >= 4 is 43.2 Å². The molecule has 4 aromatic rings. The quantitative estimate of drug-likeness (QED) is 0.257. The molecule has 11 nitrogen and oxygen atoms in total. The smallest absolute Gasteiger partial charge is 0.242 e. The number of nitrogens with one attached hydrogen (secondary N) is 3. The second-order valence-electron chi connectivity index (χ2n) is 7.75. The molecular formula is C23H23N7O4S2. The van der Waals surface area contributed by atoms with Crippen molar-refractivity contribution in [2.24, 2.45) is 5.14 Å². The monoisotopic (exact) mass is 525 g/mol. The van der Waals surface area contributed by atoms with E-state index in [1.165, 1.54) is 30.6 Å². The molecule has 2 heterocycles. The minimum atomic E-state index is -3.77. The second-order valence-corrected chi connectivity index (χ2v) is 11.1. The molecule has 2 aromatic carbocycles. The van der Waals surface area contributed by atoms with Gasteiger partial charge in [-0.15, -0.1) is 0 Å². The van der Waals surface area contributed by atoms with Gasteiger partial charge in [-0.3, -0.25) is 4.98 Å². The first-order chi connectivity index (χ1) is 17.1. The van der Waals surface area contributed by atoms with E-state index in [1.54, 1.807) is 36.5 Å². The van der Waals surface area contributed by atoms with Crippen LogP contribution in [-0.4, -0.2) is 31.8 Å². The van der Waals surface area contributed by atoms with Gasteiger partial charge in [0.2, 0.25) is 26.0 Å². The minimum absolute atomic E-state index is 0.00792. The summed E-state index contributed by atoms with van der Waals surface area (Å²) < 4.78 is 50.1. The van der Waals surface area contributed by atoms with Gasteiger partial charge in [0.15, 0.2) is 0 Å². The summed E-state index contributed by atoms with van der Waals surface area (Å²) >= 11 is 0. The number of sulfonamides is 2. The molecule has 0 aliphatic rings. The van der Waals surface area contributed by atoms with Crippen LogP contribution in [0.1, 0.15) is 11.1 Å². The average molecular weight is 526 g/mol. The van der Waals surface area contributed by atoms with E-state index >= 15 is 0 Å². The lowest BCUT2D eigenvalue weighted by Gasteiger charge is -2.12. The number of nitrogens with zero attached hydrogens (tertiary/aromatic N) is 3. The van der Waals surface area contributed by atoms with Gasteiger partial charge in [-0.25, -0.2) is 31.7 Å². The Morgan fingerprint density at radius 1 is 0.833 bits per heavy atom. The third kappa shape index (κ3) is 6.40. The summed E-state index contributed by atoms with van der Waals surface area (Å²) in [4.78, 5) is 12.7. The SMILES string of the molecule is Cc1cnc(Nc2ccc(S(N)(=O)=O)cc2)nc1Nc1ccc(CNS(=O)(=O)c2cccnc2)cc1. The Kier molecular flexibility index (Phi) is 7.26. The average Bonchev–Trinajstić information content (AvgIpc) is 2.86. The van der Waals surface area contributed by atoms with Crippen LogP contribution in [0.4, 0.5) is 23.1 Å². The van der Waals surface area contributed by atoms with Gasteiger partial charge in [-0.1, -0.05) is 12.1 Å². The summed E-state index contributed by atoms with van der Waals surface area (Å²) in [6, 6.07) is 16.2. The van der Waals surface area contributed by atoms with Crippen molar-refractivity contribution in [2.45, 2.75) is 23.3 Å². The van der Waals surface area contributed by atoms with Crippen LogP contribution in [0.25, 0.3) is 0 Å². The maximum atomic E-state index is 12.4. The van der Waals surface area contributed by atoms with Crippen molar-refractivity contribution in [2.75, 3.05) is 10.6 Å². The number of hydrogen-bond donors (Lipinski definition) is 4. The molecule has 0 aliphatic carbocycles. The van der Waals surface area contributed by atoms with Crippen LogP contribution in [0.2, 0.25) is 0 Å². The number of hydrogen-bond acceptors (Lipinski definition) is 9. The third-order valence-electron chi connectivity index (χ3n) is 5.04. The van der Waals surface area contributed by atoms with Crippen molar-refractivity contribution in [1.29, 1.82) is 0 Å². The number of anilines is 4. The Bertz CT molecular complexity index is 1560. The van der Waals surface area contributed by atoms with E-state index in [-0.39, 0.29) is 16.3 Å². The van der Waals surface area contributed by atoms with E-state index < -0.39 is 20.0 Å². The van der Waals surface area contributed by atoms with Crippen LogP contribution in [0.3, 0.4) is 0 Å². The highest BCUT2D eigenvalue weighted by Crippen LogP contribution is 2.22. The van der Waals surface area contributed by atoms with Crippen molar-refractivity contribution in [1.82, 2.24) is 19.7 Å². The maximum absolute atomic E-state index is 12.4. The number of aromatic nitrogens is 3. The molecule has 0 bridgehead atoms. The molecule has 0 atom stereocenters. The van der Waals surface area contributed by atoms with E-state index in [4.69, 9.17) is 5.14 Å². The zero-order chi connectivity index (χ0) is 25.8. The summed E-state index contributed by atoms with van der Waals surface area (Å²) in [5.41, 5.74) is 2.92. The van der Waals surface area contributed by atoms with Gasteiger partial charge in [-0.05, 0) is 61.0 Å². The van der Waals surface area contributed by atoms with E-state index in [9.17, 15) is 16.8 Å². The van der Waals surface area contributed by atoms with Crippen molar-refractivity contribution in [3.8, 4) is 0 Å². The molecule has 0 unspecified atom stereocenters. The molecular weight excluding hydrogens is 502 g/mol. The largest absolute Gasteiger partial charge is 0.340 e. The maximum Gasteiger partial charge on any atom is 0.242 e. The van der Waals surface area contributed by atoms with Gasteiger partial charge in [-0.2, -0.15) is 4.98 Å². The second kappa shape index (κ2) is 10.4. The Morgan fingerprint density at radius 2 is 1.50 bits per heavy atom. The molecule has 2 aromatic heterocycles. The summed E-state index contributed by atoms with van der Waals surface area (Å²) in [7, 11) is -7.42. The molecule has 0 aliphatic heterocycles. The fourth-order valence-electron chi connectivity index (χ4n) is 3.10. The molecule has 13 heteroatoms. The van der Waals surface area contributed by atoms with Gasteiger partial charge in [0.25, 0.3) is 0 Å². The molecule has 0 amide bonds. The first-order valence-electron chi connectivity index (χ1n) is 10.6. The zero-order valence-electron chi connectivity index (χ0n) is 19.1. The number of aryl methyl sites for hydroxylation is 1. The summed E-state index contributed by atoms with van der Waals surface area (Å²) in [6.45, 7) is 1.98. The number of rotatable bonds is 9. The van der Waals surface area contributed by atoms with Gasteiger partial charge in [0.05, 0.1) is 4.90 Å². The molecule has 5 N–H and O–H groups in total. The van der Waals surface area contributed by atoms with Crippen LogP contribution in [0.5, 0.6) is 0 Å². The lowest BCUT2D eigenvalue weighted by Crippen LogP contribution is -2.23. The van der Waals surface area contributed by atoms with Crippen molar-refractivity contribution in [3.63, 3.8) is 0 Å². The predicted octanol–water partition coefficient (Wildman–Crippen LogP) is 2.79. The zero-order valence-corrected chi connectivity index (χ0v) is 20.7. The van der Waals surface area contributed by atoms with Crippen LogP contribution in [-0.2, 0) is 26.6 Å². The molecule has 186 valence electrons. The summed E-state index contributed by atoms with van der Waals surface area (Å²) in [5.74, 6) is 0.881. The van der Waals surface area contributed by atoms with Crippen LogP contribution in [0, 0.1) is 6.92 Å². The lowest BCUT2D eigenvalue weighted by atomic mass is 10.2. The van der Waals surface area contributed by atoms with E-state index in [2.05, 4.69) is 30.3 Å². The van der Waals surface area contributed by atoms with Crippen LogP contribution in [0.15, 0.2) is 89.0 Å². The number of benzene rings is 2. The highest BCUT2D eigenvalue weighted by atomic mass is 32.2. The highest BCUT2D eigenvalue weighted by molar-refractivity contribution is 7.89. The standard InChI is InChI=1S/C23H23N7O4S2/c1-16-13-26-23(29-19-8-10-20(11-9-19)35(24,31)32)30-22(16)28-18-6-4-17(5-7-18)14-27-36(33,34)21-3-2-12-25-15-21/h2-13,15,27H,14H2,1H3,(H2,24,31,32)(H2,26,28,29,30). The molecule has 4 rings (SSSR count). The first-order valence-corrected chi connectivity index (χ1v) is 13.6. The van der Waals surface area contributed by atoms with E-state index in [0.29, 0.717) is 17.5 Å². The van der Waals surface area contributed by atoms with Gasteiger partial charge in [0, 0.05) is 42.1 Å². The Labute approximate surface area is 209 Å². The summed E-state index contributed by atoms with van der Waals surface area (Å²) in [6.07, 6.45) is 4.46. The topological polar surface area (TPSA) is 169 Å². The Hall–Kier alpha value is -3.91. The molecule has 36 heavy (non-hydrogen) atoms. The van der Waals surface area contributed by atoms with Gasteiger partial charge >= 0.3 is 0 Å². The number of nitrogens with two attached hydrogens (primary N) is 1. The third-order valence-corrected chi connectivity index (χ3v) is 7.35. The van der Waals surface area contributed by atoms with Gasteiger partial charge in [0.1, 0.15) is 10.7 Å².